The van der Waals surface area contributed by atoms with Crippen molar-refractivity contribution in [3.05, 3.63) is 65.2 Å². The molecule has 3 heterocycles. The molecule has 3 aliphatic heterocycles. The fourth-order valence-electron chi connectivity index (χ4n) is 5.62. The van der Waals surface area contributed by atoms with Crippen molar-refractivity contribution in [3.63, 3.8) is 0 Å². The summed E-state index contributed by atoms with van der Waals surface area (Å²) in [4.78, 5) is 46.3. The molecule has 2 fully saturated rings. The minimum atomic E-state index is -1.73. The lowest BCUT2D eigenvalue weighted by Crippen LogP contribution is -2.52. The highest BCUT2D eigenvalue weighted by molar-refractivity contribution is 6.50. The molecule has 200 valence electrons. The Morgan fingerprint density at radius 3 is 2.45 bits per heavy atom. The Kier molecular flexibility index (Phi) is 7.23. The lowest BCUT2D eigenvalue weighted by atomic mass is 9.82. The third-order valence-corrected chi connectivity index (χ3v) is 7.50. The Bertz CT molecular complexity index is 1270. The third kappa shape index (κ3) is 4.16. The number of fused-ring (bicyclic) bond motifs is 2. The van der Waals surface area contributed by atoms with E-state index in [1.165, 1.54) is 9.80 Å². The highest BCUT2D eigenvalue weighted by Crippen LogP contribution is 2.53. The maximum atomic E-state index is 14.1. The second kappa shape index (κ2) is 10.6. The maximum Gasteiger partial charge on any atom is 0.296 e. The van der Waals surface area contributed by atoms with Crippen molar-refractivity contribution in [2.45, 2.75) is 25.3 Å². The van der Waals surface area contributed by atoms with Crippen molar-refractivity contribution in [2.24, 2.45) is 0 Å². The highest BCUT2D eigenvalue weighted by atomic mass is 16.5. The van der Waals surface area contributed by atoms with Crippen molar-refractivity contribution in [1.29, 1.82) is 0 Å². The van der Waals surface area contributed by atoms with Crippen LogP contribution >= 0.6 is 0 Å². The Morgan fingerprint density at radius 2 is 1.74 bits per heavy atom. The lowest BCUT2D eigenvalue weighted by Gasteiger charge is -2.35. The number of ketones is 1. The number of amides is 2. The molecule has 2 aromatic rings. The van der Waals surface area contributed by atoms with Gasteiger partial charge in [-0.3, -0.25) is 19.3 Å². The van der Waals surface area contributed by atoms with Crippen LogP contribution in [0.3, 0.4) is 0 Å². The van der Waals surface area contributed by atoms with E-state index in [4.69, 9.17) is 9.47 Å². The number of carbonyl (C=O) groups excluding carboxylic acids is 3. The zero-order chi connectivity index (χ0) is 26.9. The summed E-state index contributed by atoms with van der Waals surface area (Å²) in [5, 5.41) is 11.5. The van der Waals surface area contributed by atoms with Crippen LogP contribution in [0.5, 0.6) is 5.75 Å². The van der Waals surface area contributed by atoms with E-state index in [0.717, 1.165) is 19.5 Å². The van der Waals surface area contributed by atoms with Gasteiger partial charge in [0.2, 0.25) is 0 Å². The van der Waals surface area contributed by atoms with Gasteiger partial charge in [-0.05, 0) is 43.2 Å². The molecular weight excluding hydrogens is 486 g/mol. The molecule has 1 unspecified atom stereocenters. The van der Waals surface area contributed by atoms with Gasteiger partial charge in [0.25, 0.3) is 17.6 Å². The second-order valence-electron chi connectivity index (χ2n) is 9.78. The van der Waals surface area contributed by atoms with Crippen molar-refractivity contribution in [2.75, 3.05) is 57.9 Å². The average molecular weight is 520 g/mol. The van der Waals surface area contributed by atoms with Crippen molar-refractivity contribution in [3.8, 4) is 5.75 Å². The van der Waals surface area contributed by atoms with Crippen LogP contribution in [-0.2, 0) is 24.7 Å². The molecule has 1 N–H and O–H groups in total. The topological polar surface area (TPSA) is 99.6 Å². The van der Waals surface area contributed by atoms with Gasteiger partial charge >= 0.3 is 0 Å². The van der Waals surface area contributed by atoms with Gasteiger partial charge in [0.15, 0.2) is 5.54 Å². The Balaban J connectivity index is 1.58. The van der Waals surface area contributed by atoms with Gasteiger partial charge in [0.05, 0.1) is 25.4 Å². The average Bonchev–Trinajstić information content (AvgIpc) is 3.31. The number of rotatable bonds is 8. The van der Waals surface area contributed by atoms with Gasteiger partial charge in [-0.2, -0.15) is 0 Å². The molecule has 9 heteroatoms. The van der Waals surface area contributed by atoms with Gasteiger partial charge in [0.1, 0.15) is 11.5 Å². The summed E-state index contributed by atoms with van der Waals surface area (Å²) in [6, 6.07) is 13.8. The molecular formula is C29H33N3O6. The predicted molar refractivity (Wildman–Crippen MR) is 142 cm³/mol. The molecule has 0 saturated carbocycles. The Labute approximate surface area is 222 Å². The van der Waals surface area contributed by atoms with E-state index in [0.29, 0.717) is 55.4 Å². The number of likely N-dealkylation sites (tertiary alicyclic amines) is 1. The first kappa shape index (κ1) is 25.9. The molecule has 0 bridgehead atoms. The van der Waals surface area contributed by atoms with E-state index >= 15 is 0 Å². The highest BCUT2D eigenvalue weighted by Gasteiger charge is 2.66. The number of hydrogen-bond donors (Lipinski definition) is 1. The van der Waals surface area contributed by atoms with Crippen LogP contribution in [0.1, 0.15) is 30.9 Å². The van der Waals surface area contributed by atoms with E-state index in [1.54, 1.807) is 55.6 Å². The van der Waals surface area contributed by atoms with E-state index in [-0.39, 0.29) is 17.9 Å². The number of hydrogen-bond acceptors (Lipinski definition) is 7. The Morgan fingerprint density at radius 1 is 1.03 bits per heavy atom. The van der Waals surface area contributed by atoms with Crippen LogP contribution in [0, 0.1) is 0 Å². The molecule has 0 radical (unpaired) electrons. The summed E-state index contributed by atoms with van der Waals surface area (Å²) < 4.78 is 11.1. The van der Waals surface area contributed by atoms with Crippen LogP contribution < -0.4 is 9.64 Å². The molecule has 1 spiro atoms. The Hall–Kier alpha value is -3.69. The number of ether oxygens (including phenoxy) is 2. The van der Waals surface area contributed by atoms with Crippen LogP contribution in [-0.4, -0.2) is 85.6 Å². The summed E-state index contributed by atoms with van der Waals surface area (Å²) >= 11 is 0. The molecule has 0 aromatic heterocycles. The summed E-state index contributed by atoms with van der Waals surface area (Å²) in [5.74, 6) is -1.83. The van der Waals surface area contributed by atoms with Gasteiger partial charge in [0, 0.05) is 50.0 Å². The lowest BCUT2D eigenvalue weighted by molar-refractivity contribution is -0.143. The van der Waals surface area contributed by atoms with Crippen LogP contribution in [0.2, 0.25) is 0 Å². The first-order valence-electron chi connectivity index (χ1n) is 13.1. The SMILES string of the molecule is CCCOc1ccc(/C(O)=C2\C(=O)C(=O)N(CCCN3CCOCC3)C23C(=O)N(C)c2ccccc23)cc1. The van der Waals surface area contributed by atoms with Gasteiger partial charge in [-0.1, -0.05) is 25.1 Å². The molecule has 0 aliphatic carbocycles. The molecule has 1 atom stereocenters. The molecule has 2 saturated heterocycles. The number of carbonyl (C=O) groups is 3. The number of benzene rings is 2. The van der Waals surface area contributed by atoms with E-state index in [1.807, 2.05) is 6.92 Å². The summed E-state index contributed by atoms with van der Waals surface area (Å²) in [6.07, 6.45) is 1.42. The van der Waals surface area contributed by atoms with Crippen LogP contribution in [0.15, 0.2) is 54.1 Å². The van der Waals surface area contributed by atoms with Crippen molar-refractivity contribution >= 4 is 29.0 Å². The zero-order valence-electron chi connectivity index (χ0n) is 21.8. The summed E-state index contributed by atoms with van der Waals surface area (Å²) in [6.45, 7) is 6.37. The maximum absolute atomic E-state index is 14.1. The smallest absolute Gasteiger partial charge is 0.296 e. The van der Waals surface area contributed by atoms with Crippen LogP contribution in [0.25, 0.3) is 5.76 Å². The number of anilines is 1. The number of morpholine rings is 1. The third-order valence-electron chi connectivity index (χ3n) is 7.50. The fraction of sp³-hybridized carbons (Fsp3) is 0.414. The number of likely N-dealkylation sites (N-methyl/N-ethyl adjacent to an activating group) is 1. The number of para-hydroxylation sites is 1. The molecule has 2 amide bonds. The molecule has 38 heavy (non-hydrogen) atoms. The minimum Gasteiger partial charge on any atom is -0.507 e. The van der Waals surface area contributed by atoms with Crippen molar-refractivity contribution in [1.82, 2.24) is 9.80 Å². The fourth-order valence-corrected chi connectivity index (χ4v) is 5.62. The predicted octanol–water partition coefficient (Wildman–Crippen LogP) is 2.75. The second-order valence-corrected chi connectivity index (χ2v) is 9.78. The molecule has 5 rings (SSSR count). The van der Waals surface area contributed by atoms with Crippen LogP contribution in [0.4, 0.5) is 5.69 Å². The molecule has 2 aromatic carbocycles. The van der Waals surface area contributed by atoms with E-state index < -0.39 is 23.1 Å². The quantitative estimate of drug-likeness (QED) is 0.325. The monoisotopic (exact) mass is 519 g/mol. The first-order valence-corrected chi connectivity index (χ1v) is 13.1. The summed E-state index contributed by atoms with van der Waals surface area (Å²) in [5.41, 5.74) is -0.474. The van der Waals surface area contributed by atoms with Gasteiger partial charge in [-0.15, -0.1) is 0 Å². The normalized spacial score (nSPS) is 22.9. The number of nitrogens with zero attached hydrogens (tertiary/aromatic N) is 3. The molecule has 3 aliphatic rings. The number of Topliss-reactive ketones (excluding diaryl/α,β-unsaturated/α-hetero) is 1. The number of aliphatic hydroxyl groups excluding tert-OH is 1. The largest absolute Gasteiger partial charge is 0.507 e. The standard InChI is InChI=1S/C29H33N3O6/c1-3-17-38-21-11-9-20(10-12-21)25(33)24-26(34)27(35)32(14-6-13-31-15-18-37-19-16-31)29(24)22-7-4-5-8-23(22)30(2)28(29)36/h4-5,7-12,33H,3,6,13-19H2,1-2H3/b25-24-. The summed E-state index contributed by atoms with van der Waals surface area (Å²) in [7, 11) is 1.63. The van der Waals surface area contributed by atoms with Crippen molar-refractivity contribution < 1.29 is 29.0 Å². The molecule has 9 nitrogen and oxygen atoms in total. The zero-order valence-corrected chi connectivity index (χ0v) is 21.8. The van der Waals surface area contributed by atoms with E-state index in [2.05, 4.69) is 4.90 Å². The first-order chi connectivity index (χ1) is 18.4. The van der Waals surface area contributed by atoms with E-state index in [9.17, 15) is 19.5 Å². The number of aliphatic hydroxyl groups is 1. The van der Waals surface area contributed by atoms with Gasteiger partial charge in [-0.25, -0.2) is 0 Å². The minimum absolute atomic E-state index is 0.191. The van der Waals surface area contributed by atoms with Gasteiger partial charge < -0.3 is 24.4 Å².